The first-order valence-corrected chi connectivity index (χ1v) is 34.2. The normalized spacial score (nSPS) is 23.8. The number of benzene rings is 2. The highest BCUT2D eigenvalue weighted by Crippen LogP contribution is 2.47. The lowest BCUT2D eigenvalue weighted by molar-refractivity contribution is -0.142. The molecule has 6 fully saturated rings. The van der Waals surface area contributed by atoms with E-state index in [0.29, 0.717) is 54.3 Å². The van der Waals surface area contributed by atoms with E-state index in [9.17, 15) is 55.2 Å². The third kappa shape index (κ3) is 18.1. The summed E-state index contributed by atoms with van der Waals surface area (Å²) in [5.41, 5.74) is 1.17. The first-order chi connectivity index (χ1) is 44.6. The summed E-state index contributed by atoms with van der Waals surface area (Å²) in [6.45, 7) is 18.3. The number of ether oxygens (including phenoxy) is 6. The second-order valence-corrected chi connectivity index (χ2v) is 30.7. The van der Waals surface area contributed by atoms with Gasteiger partial charge in [-0.15, -0.1) is 38.0 Å². The first kappa shape index (κ1) is 78.2. The number of fused-ring (bicyclic) bond motifs is 2. The average Bonchev–Trinajstić information content (AvgIpc) is 1.58. The van der Waals surface area contributed by atoms with Gasteiger partial charge in [0.25, 0.3) is 11.8 Å². The van der Waals surface area contributed by atoms with Crippen LogP contribution in [0.3, 0.4) is 0 Å². The number of nitrogens with one attached hydrogen (secondary N) is 5. The van der Waals surface area contributed by atoms with Crippen LogP contribution in [0.25, 0.3) is 21.5 Å². The Morgan fingerprint density at radius 1 is 0.629 bits per heavy atom. The van der Waals surface area contributed by atoms with Crippen molar-refractivity contribution >= 4 is 125 Å². The van der Waals surface area contributed by atoms with Crippen molar-refractivity contribution in [3.8, 4) is 23.3 Å². The van der Waals surface area contributed by atoms with Crippen LogP contribution in [0.1, 0.15) is 92.9 Å². The summed E-state index contributed by atoms with van der Waals surface area (Å²) in [7, 11) is -2.18. The number of hydrogen-bond acceptors (Lipinski definition) is 21. The van der Waals surface area contributed by atoms with Gasteiger partial charge in [-0.1, -0.05) is 53.7 Å². The van der Waals surface area contributed by atoms with Crippen molar-refractivity contribution in [1.82, 2.24) is 45.2 Å². The minimum absolute atomic E-state index is 0. The predicted octanol–water partition coefficient (Wildman–Crippen LogP) is 5.50. The number of amides is 7. The minimum atomic E-state index is -3.88. The third-order valence-corrected chi connectivity index (χ3v) is 21.3. The van der Waals surface area contributed by atoms with Gasteiger partial charge in [0.2, 0.25) is 55.4 Å². The van der Waals surface area contributed by atoms with Crippen molar-refractivity contribution < 1.29 is 83.6 Å². The number of rotatable bonds is 21. The number of likely N-dealkylation sites (tertiary alicyclic amines) is 2. The smallest absolute Gasteiger partial charge is 0.407 e. The molecule has 2 saturated heterocycles. The Balaban J connectivity index is 0.000000282. The summed E-state index contributed by atoms with van der Waals surface area (Å²) in [5.74, 6) is -2.93. The van der Waals surface area contributed by atoms with E-state index in [1.807, 2.05) is 45.0 Å². The molecule has 2 aromatic heterocycles. The fraction of sp³-hybridized carbons (Fsp3) is 0.531. The monoisotopic (exact) mass is 1450 g/mol. The van der Waals surface area contributed by atoms with E-state index >= 15 is 0 Å². The molecule has 6 aliphatic rings. The van der Waals surface area contributed by atoms with E-state index < -0.39 is 148 Å². The van der Waals surface area contributed by atoms with Crippen LogP contribution >= 0.6 is 36.4 Å². The summed E-state index contributed by atoms with van der Waals surface area (Å²) < 4.78 is 86.3. The molecular weight excluding hydrogens is 1370 g/mol. The highest BCUT2D eigenvalue weighted by Gasteiger charge is 2.63. The Labute approximate surface area is 580 Å². The van der Waals surface area contributed by atoms with Gasteiger partial charge in [0, 0.05) is 59.4 Å². The molecule has 0 spiro atoms. The number of aromatic nitrogens is 2. The molecule has 7 amide bonds. The Kier molecular flexibility index (Phi) is 25.0. The van der Waals surface area contributed by atoms with Crippen LogP contribution in [0.15, 0.2) is 86.2 Å². The van der Waals surface area contributed by atoms with E-state index in [2.05, 4.69) is 64.9 Å². The molecule has 2 aliphatic heterocycles. The number of sulfonamides is 2. The van der Waals surface area contributed by atoms with Crippen LogP contribution in [-0.4, -0.2) is 183 Å². The number of carbonyl (C=O) groups excluding carboxylic acids is 8. The van der Waals surface area contributed by atoms with Crippen LogP contribution < -0.4 is 50.1 Å². The zero-order valence-corrected chi connectivity index (χ0v) is 59.4. The van der Waals surface area contributed by atoms with Crippen molar-refractivity contribution in [2.24, 2.45) is 28.4 Å². The lowest BCUT2D eigenvalue weighted by Gasteiger charge is -2.35. The van der Waals surface area contributed by atoms with E-state index in [0.717, 1.165) is 16.2 Å². The standard InChI is InChI=1S/C32H41N5O9S.C30H39N5O7S.C2H3ClO2.2ClH/c1-7-19-16-32(19,29(40)36-47(42,43)22-9-10-22)35-26(38)24-15-21(17-37(24)28(39)25(31(2,3)4)34-30(41)45-6)46-27-23-11-8-20(44-5)14-18(23)12-13-33-27;1-6-18-15-30(18,28(38)34-43(39,40)21-8-9-21)33-25(36)23-14-20(16-35(23)27(37)24(31)29(2,3)4)42-26-22-10-7-19(41-5)13-17(22)11-12-32-26;1-5-2(3)4;;/h7-8,11-14,19,21-22,24-25H,1,9-10,15-17H2,2-6H3,(H,34,41)(H,35,38)(H,36,40);6-7,10-13,18,20-21,23-24H,1,8-9,14-16,31H2,2-5H3,(H,33,36)(H,34,38);1H3;2*1H/t19-,21-,24+,25-,32-;18-,20-,23+,24-,30-;;;/m11.../s1. The average molecular weight is 1450 g/mol. The van der Waals surface area contributed by atoms with Crippen LogP contribution in [0.5, 0.6) is 23.3 Å². The fourth-order valence-electron chi connectivity index (χ4n) is 11.3. The molecule has 10 rings (SSSR count). The molecule has 2 aromatic carbocycles. The number of pyridine rings is 2. The summed E-state index contributed by atoms with van der Waals surface area (Å²) in [6, 6.07) is 10.3. The van der Waals surface area contributed by atoms with Crippen LogP contribution in [-0.2, 0) is 58.3 Å². The quantitative estimate of drug-likeness (QED) is 0.0443. The number of methoxy groups -OCH3 is 4. The van der Waals surface area contributed by atoms with Gasteiger partial charge in [0.1, 0.15) is 52.9 Å². The Hall–Kier alpha value is -7.77. The summed E-state index contributed by atoms with van der Waals surface area (Å²) in [6.07, 6.45) is 6.43. The van der Waals surface area contributed by atoms with E-state index in [1.54, 1.807) is 71.6 Å². The molecule has 97 heavy (non-hydrogen) atoms. The largest absolute Gasteiger partial charge is 0.497 e. The zero-order chi connectivity index (χ0) is 69.9. The number of halogens is 3. The molecule has 0 unspecified atom stereocenters. The van der Waals surface area contributed by atoms with Crippen LogP contribution in [0.2, 0.25) is 0 Å². The topological polar surface area (TPSA) is 379 Å². The maximum absolute atomic E-state index is 14.2. The van der Waals surface area contributed by atoms with Gasteiger partial charge in [-0.2, -0.15) is 0 Å². The fourth-order valence-corrected chi connectivity index (χ4v) is 14.1. The minimum Gasteiger partial charge on any atom is -0.497 e. The van der Waals surface area contributed by atoms with E-state index in [4.69, 9.17) is 29.4 Å². The van der Waals surface area contributed by atoms with Crippen molar-refractivity contribution in [3.05, 3.63) is 86.2 Å². The second-order valence-electron chi connectivity index (χ2n) is 26.5. The van der Waals surface area contributed by atoms with Gasteiger partial charge in [0.05, 0.1) is 58.1 Å². The molecule has 4 saturated carbocycles. The molecule has 4 aromatic rings. The number of alkyl carbamates (subject to hydrolysis) is 1. The molecule has 33 heteroatoms. The summed E-state index contributed by atoms with van der Waals surface area (Å²) in [5, 5.41) is 9.96. The molecular formula is C64H85Cl3N10O18S2. The maximum atomic E-state index is 14.2. The SMILES string of the molecule is C=C[C@@H]1C[C@]1(NC(=O)[C@@H]1C[C@@H](Oc2nccc3cc(OC)ccc23)CN1C(=O)[C@@H](N)C(C)(C)C)C(=O)NS(=O)(=O)C1CC1.C=C[C@@H]1C[C@]1(NC(=O)[C@@H]1C[C@@H](Oc2nccc3cc(OC)ccc23)CN1C(=O)[C@@H](NC(=O)OC)C(C)(C)C)C(=O)NS(=O)(=O)C1CC1.COC(=O)Cl.Cl.Cl. The van der Waals surface area contributed by atoms with Crippen LogP contribution in [0, 0.1) is 22.7 Å². The van der Waals surface area contributed by atoms with Crippen molar-refractivity contribution in [3.63, 3.8) is 0 Å². The molecule has 7 N–H and O–H groups in total. The van der Waals surface area contributed by atoms with E-state index in [1.165, 1.54) is 36.2 Å². The molecule has 4 heterocycles. The molecule has 10 atom stereocenters. The molecule has 532 valence electrons. The predicted molar refractivity (Wildman–Crippen MR) is 363 cm³/mol. The number of hydrogen-bond donors (Lipinski definition) is 6. The lowest BCUT2D eigenvalue weighted by atomic mass is 9.85. The molecule has 0 bridgehead atoms. The van der Waals surface area contributed by atoms with Crippen molar-refractivity contribution in [1.29, 1.82) is 0 Å². The summed E-state index contributed by atoms with van der Waals surface area (Å²) in [4.78, 5) is 115. The lowest BCUT2D eigenvalue weighted by Crippen LogP contribution is -2.60. The number of nitrogens with two attached hydrogens (primary N) is 1. The molecule has 28 nitrogen and oxygen atoms in total. The van der Waals surface area contributed by atoms with E-state index in [-0.39, 0.29) is 63.6 Å². The highest BCUT2D eigenvalue weighted by molar-refractivity contribution is 7.91. The van der Waals surface area contributed by atoms with Crippen LogP contribution in [0.4, 0.5) is 9.59 Å². The van der Waals surface area contributed by atoms with Crippen molar-refractivity contribution in [2.75, 3.05) is 41.5 Å². The van der Waals surface area contributed by atoms with Gasteiger partial charge in [-0.05, 0) is 109 Å². The van der Waals surface area contributed by atoms with Gasteiger partial charge in [-0.3, -0.25) is 38.2 Å². The third-order valence-electron chi connectivity index (χ3n) is 17.5. The van der Waals surface area contributed by atoms with Gasteiger partial charge >= 0.3 is 11.5 Å². The first-order valence-electron chi connectivity index (χ1n) is 30.7. The maximum Gasteiger partial charge on any atom is 0.407 e. The van der Waals surface area contributed by atoms with Crippen molar-refractivity contribution in [2.45, 2.75) is 151 Å². The Bertz CT molecular complexity index is 3910. The Morgan fingerprint density at radius 2 is 1.02 bits per heavy atom. The van der Waals surface area contributed by atoms with Gasteiger partial charge in [-0.25, -0.2) is 36.4 Å². The second kappa shape index (κ2) is 31.0. The number of nitrogens with zero attached hydrogens (tertiary/aromatic N) is 4. The Morgan fingerprint density at radius 3 is 1.34 bits per heavy atom. The number of carbonyl (C=O) groups is 8. The van der Waals surface area contributed by atoms with Gasteiger partial charge in [0.15, 0.2) is 0 Å². The highest BCUT2D eigenvalue weighted by atomic mass is 35.5. The molecule has 4 aliphatic carbocycles. The zero-order valence-electron chi connectivity index (χ0n) is 55.4. The van der Waals surface area contributed by atoms with Gasteiger partial charge < -0.3 is 59.9 Å². The summed E-state index contributed by atoms with van der Waals surface area (Å²) >= 11 is 4.60. The molecule has 0 radical (unpaired) electrons.